The first-order chi connectivity index (χ1) is 17.7. The van der Waals surface area contributed by atoms with Crippen molar-refractivity contribution < 1.29 is 23.5 Å². The van der Waals surface area contributed by atoms with E-state index >= 15 is 0 Å². The Kier molecular flexibility index (Phi) is 6.31. The van der Waals surface area contributed by atoms with Crippen LogP contribution in [0.2, 0.25) is 5.02 Å². The van der Waals surface area contributed by atoms with Crippen LogP contribution in [0.3, 0.4) is 0 Å². The van der Waals surface area contributed by atoms with Gasteiger partial charge in [0.25, 0.3) is 0 Å². The Bertz CT molecular complexity index is 1720. The Hall–Kier alpha value is -4.36. The molecular weight excluding hydrogens is 494 g/mol. The SMILES string of the molecule is Cc1c(CC(=O)N[C@@H](C(=O)O)c2ccccc2)c(=O)oc2c(C)c3occ(-c4ccc(Cl)cc4)c3cc12. The Morgan fingerprint density at radius 1 is 0.973 bits per heavy atom. The van der Waals surface area contributed by atoms with E-state index in [9.17, 15) is 19.5 Å². The Labute approximate surface area is 216 Å². The van der Waals surface area contributed by atoms with Crippen LogP contribution >= 0.6 is 11.6 Å². The molecule has 7 nitrogen and oxygen atoms in total. The number of rotatable bonds is 6. The molecule has 1 atom stereocenters. The molecule has 0 aliphatic rings. The highest BCUT2D eigenvalue weighted by Gasteiger charge is 2.24. The van der Waals surface area contributed by atoms with Crippen molar-refractivity contribution in [2.45, 2.75) is 26.3 Å². The number of halogens is 1. The van der Waals surface area contributed by atoms with Gasteiger partial charge in [0.1, 0.15) is 11.2 Å². The molecule has 2 N–H and O–H groups in total. The van der Waals surface area contributed by atoms with Crippen molar-refractivity contribution in [3.63, 3.8) is 0 Å². The third kappa shape index (κ3) is 4.49. The predicted octanol–water partition coefficient (Wildman–Crippen LogP) is 5.96. The van der Waals surface area contributed by atoms with Gasteiger partial charge in [-0.25, -0.2) is 9.59 Å². The lowest BCUT2D eigenvalue weighted by Gasteiger charge is -2.15. The highest BCUT2D eigenvalue weighted by molar-refractivity contribution is 6.30. The molecule has 5 aromatic rings. The van der Waals surface area contributed by atoms with E-state index in [1.807, 2.05) is 25.1 Å². The molecule has 3 aromatic carbocycles. The smallest absolute Gasteiger partial charge is 0.340 e. The maximum absolute atomic E-state index is 12.9. The van der Waals surface area contributed by atoms with Gasteiger partial charge in [0.15, 0.2) is 6.04 Å². The molecule has 8 heteroatoms. The monoisotopic (exact) mass is 515 g/mol. The van der Waals surface area contributed by atoms with Crippen molar-refractivity contribution in [2.24, 2.45) is 0 Å². The molecule has 1 amide bonds. The highest BCUT2D eigenvalue weighted by atomic mass is 35.5. The van der Waals surface area contributed by atoms with Gasteiger partial charge in [-0.3, -0.25) is 4.79 Å². The van der Waals surface area contributed by atoms with Crippen molar-refractivity contribution in [3.05, 3.63) is 105 Å². The molecule has 37 heavy (non-hydrogen) atoms. The van der Waals surface area contributed by atoms with E-state index in [1.165, 1.54) is 0 Å². The summed E-state index contributed by atoms with van der Waals surface area (Å²) < 4.78 is 11.5. The topological polar surface area (TPSA) is 110 Å². The van der Waals surface area contributed by atoms with E-state index in [2.05, 4.69) is 5.32 Å². The molecule has 0 spiro atoms. The third-order valence-electron chi connectivity index (χ3n) is 6.52. The second kappa shape index (κ2) is 9.59. The number of hydrogen-bond donors (Lipinski definition) is 2. The number of carbonyl (C=O) groups excluding carboxylic acids is 1. The van der Waals surface area contributed by atoms with Crippen LogP contribution in [0.1, 0.15) is 28.3 Å². The van der Waals surface area contributed by atoms with E-state index in [0.29, 0.717) is 38.3 Å². The van der Waals surface area contributed by atoms with Crippen molar-refractivity contribution in [1.29, 1.82) is 0 Å². The van der Waals surface area contributed by atoms with Crippen LogP contribution < -0.4 is 10.9 Å². The summed E-state index contributed by atoms with van der Waals surface area (Å²) in [6.45, 7) is 3.56. The molecule has 2 aromatic heterocycles. The van der Waals surface area contributed by atoms with E-state index in [1.54, 1.807) is 55.7 Å². The number of fused-ring (bicyclic) bond motifs is 2. The average molecular weight is 516 g/mol. The standard InChI is InChI=1S/C29H22ClNO6/c1-15-20-12-22-23(17-8-10-19(30)11-9-17)14-36-26(22)16(2)27(20)37-29(35)21(15)13-24(32)31-25(28(33)34)18-6-4-3-5-7-18/h3-12,14,25H,13H2,1-2H3,(H,31,32)(H,33,34)/t25-/m1/s1. The van der Waals surface area contributed by atoms with E-state index < -0.39 is 23.5 Å². The molecule has 0 unspecified atom stereocenters. The summed E-state index contributed by atoms with van der Waals surface area (Å²) in [7, 11) is 0. The number of amides is 1. The highest BCUT2D eigenvalue weighted by Crippen LogP contribution is 2.37. The molecule has 0 fully saturated rings. The van der Waals surface area contributed by atoms with Gasteiger partial charge in [-0.15, -0.1) is 0 Å². The number of carbonyl (C=O) groups is 2. The van der Waals surface area contributed by atoms with Crippen molar-refractivity contribution in [2.75, 3.05) is 0 Å². The molecule has 2 heterocycles. The molecule has 0 radical (unpaired) electrons. The second-order valence-corrected chi connectivity index (χ2v) is 9.27. The van der Waals surface area contributed by atoms with Gasteiger partial charge in [0.05, 0.1) is 18.2 Å². The van der Waals surface area contributed by atoms with Crippen molar-refractivity contribution in [1.82, 2.24) is 5.32 Å². The van der Waals surface area contributed by atoms with Crippen LogP contribution in [-0.2, 0) is 16.0 Å². The van der Waals surface area contributed by atoms with Crippen LogP contribution in [0, 0.1) is 13.8 Å². The van der Waals surface area contributed by atoms with Gasteiger partial charge < -0.3 is 19.3 Å². The Balaban J connectivity index is 1.55. The minimum atomic E-state index is -1.24. The largest absolute Gasteiger partial charge is 0.479 e. The number of carboxylic acids is 1. The summed E-state index contributed by atoms with van der Waals surface area (Å²) in [5.41, 5.74) is 3.93. The molecule has 0 aliphatic heterocycles. The molecule has 5 rings (SSSR count). The number of carboxylic acid groups (broad SMARTS) is 1. The first kappa shape index (κ1) is 24.3. The van der Waals surface area contributed by atoms with Gasteiger partial charge in [0, 0.05) is 26.9 Å². The summed E-state index contributed by atoms with van der Waals surface area (Å²) >= 11 is 6.04. The zero-order valence-electron chi connectivity index (χ0n) is 20.0. The quantitative estimate of drug-likeness (QED) is 0.270. The lowest BCUT2D eigenvalue weighted by Crippen LogP contribution is -2.35. The molecule has 0 saturated carbocycles. The summed E-state index contributed by atoms with van der Waals surface area (Å²) in [4.78, 5) is 37.6. The number of nitrogens with one attached hydrogen (secondary N) is 1. The second-order valence-electron chi connectivity index (χ2n) is 8.83. The number of benzene rings is 3. The lowest BCUT2D eigenvalue weighted by atomic mass is 9.97. The fraction of sp³-hybridized carbons (Fsp3) is 0.138. The van der Waals surface area contributed by atoms with Gasteiger partial charge in [-0.2, -0.15) is 0 Å². The van der Waals surface area contributed by atoms with Crippen LogP contribution in [-0.4, -0.2) is 17.0 Å². The summed E-state index contributed by atoms with van der Waals surface area (Å²) in [6.07, 6.45) is 1.32. The van der Waals surface area contributed by atoms with Crippen LogP contribution in [0.5, 0.6) is 0 Å². The van der Waals surface area contributed by atoms with Gasteiger partial charge in [-0.1, -0.05) is 54.1 Å². The van der Waals surface area contributed by atoms with Crippen LogP contribution in [0.4, 0.5) is 0 Å². The minimum absolute atomic E-state index is 0.164. The first-order valence-electron chi connectivity index (χ1n) is 11.5. The summed E-state index contributed by atoms with van der Waals surface area (Å²) in [5, 5.41) is 14.3. The maximum Gasteiger partial charge on any atom is 0.340 e. The average Bonchev–Trinajstić information content (AvgIpc) is 3.31. The first-order valence-corrected chi connectivity index (χ1v) is 11.9. The normalized spacial score (nSPS) is 12.1. The predicted molar refractivity (Wildman–Crippen MR) is 141 cm³/mol. The summed E-state index contributed by atoms with van der Waals surface area (Å²) in [5.74, 6) is -1.80. The number of aryl methyl sites for hydroxylation is 2. The van der Waals surface area contributed by atoms with Gasteiger partial charge >= 0.3 is 11.6 Å². The molecule has 186 valence electrons. The minimum Gasteiger partial charge on any atom is -0.479 e. The number of aliphatic carboxylic acids is 1. The fourth-order valence-corrected chi connectivity index (χ4v) is 4.69. The third-order valence-corrected chi connectivity index (χ3v) is 6.77. The van der Waals surface area contributed by atoms with E-state index in [4.69, 9.17) is 20.4 Å². The van der Waals surface area contributed by atoms with Crippen LogP contribution in [0.25, 0.3) is 33.1 Å². The zero-order valence-corrected chi connectivity index (χ0v) is 20.8. The van der Waals surface area contributed by atoms with Crippen molar-refractivity contribution >= 4 is 45.4 Å². The van der Waals surface area contributed by atoms with E-state index in [0.717, 1.165) is 16.5 Å². The Morgan fingerprint density at radius 3 is 2.35 bits per heavy atom. The van der Waals surface area contributed by atoms with Crippen molar-refractivity contribution in [3.8, 4) is 11.1 Å². The van der Waals surface area contributed by atoms with Crippen LogP contribution in [0.15, 0.2) is 80.6 Å². The molecular formula is C29H22ClNO6. The number of furan rings is 1. The molecule has 0 aliphatic carbocycles. The Morgan fingerprint density at radius 2 is 1.68 bits per heavy atom. The number of hydrogen-bond acceptors (Lipinski definition) is 5. The maximum atomic E-state index is 12.9. The molecule has 0 saturated heterocycles. The summed E-state index contributed by atoms with van der Waals surface area (Å²) in [6, 6.07) is 16.4. The fourth-order valence-electron chi connectivity index (χ4n) is 4.56. The van der Waals surface area contributed by atoms with Gasteiger partial charge in [-0.05, 0) is 48.7 Å². The molecule has 0 bridgehead atoms. The zero-order chi connectivity index (χ0) is 26.3. The lowest BCUT2D eigenvalue weighted by molar-refractivity contribution is -0.142. The van der Waals surface area contributed by atoms with E-state index in [-0.39, 0.29) is 12.0 Å². The van der Waals surface area contributed by atoms with Gasteiger partial charge in [0.2, 0.25) is 5.91 Å².